The summed E-state index contributed by atoms with van der Waals surface area (Å²) in [5, 5.41) is 7.20. The first kappa shape index (κ1) is 18.4. The van der Waals surface area contributed by atoms with Crippen LogP contribution in [0.3, 0.4) is 0 Å². The van der Waals surface area contributed by atoms with Gasteiger partial charge in [0, 0.05) is 27.0 Å². The second-order valence-corrected chi connectivity index (χ2v) is 8.39. The predicted octanol–water partition coefficient (Wildman–Crippen LogP) is 5.86. The Bertz CT molecular complexity index is 1120. The molecular weight excluding hydrogens is 452 g/mol. The van der Waals surface area contributed by atoms with Crippen molar-refractivity contribution in [3.05, 3.63) is 99.0 Å². The van der Waals surface area contributed by atoms with Gasteiger partial charge in [-0.15, -0.1) is 0 Å². The molecule has 0 spiro atoms. The molecule has 144 valence electrons. The van der Waals surface area contributed by atoms with Gasteiger partial charge in [-0.2, -0.15) is 5.10 Å². The highest BCUT2D eigenvalue weighted by Crippen LogP contribution is 2.44. The van der Waals surface area contributed by atoms with Crippen LogP contribution in [-0.4, -0.2) is 22.7 Å². The molecule has 0 unspecified atom stereocenters. The molecule has 5 rings (SSSR count). The lowest BCUT2D eigenvalue weighted by Crippen LogP contribution is -2.45. The topological polar surface area (TPSA) is 41.9 Å². The van der Waals surface area contributed by atoms with Crippen LogP contribution in [0.5, 0.6) is 5.75 Å². The maximum Gasteiger partial charge on any atom is 0.251 e. The minimum absolute atomic E-state index is 0.0623. The minimum atomic E-state index is -0.823. The number of hydrogen-bond acceptors (Lipinski definition) is 4. The molecule has 2 heterocycles. The lowest BCUT2D eigenvalue weighted by atomic mass is 9.96. The van der Waals surface area contributed by atoms with Gasteiger partial charge in [0.1, 0.15) is 5.75 Å². The van der Waals surface area contributed by atoms with Crippen molar-refractivity contribution in [3.8, 4) is 5.75 Å². The van der Waals surface area contributed by atoms with Crippen LogP contribution in [-0.2, 0) is 0 Å². The van der Waals surface area contributed by atoms with E-state index in [1.807, 2.05) is 48.5 Å². The zero-order chi connectivity index (χ0) is 20.0. The van der Waals surface area contributed by atoms with E-state index in [9.17, 15) is 4.79 Å². The molecule has 3 aromatic rings. The fraction of sp³-hybridized carbons (Fsp3) is 0.130. The zero-order valence-electron chi connectivity index (χ0n) is 15.3. The van der Waals surface area contributed by atoms with Crippen molar-refractivity contribution < 1.29 is 9.53 Å². The van der Waals surface area contributed by atoms with Crippen LogP contribution in [0.4, 0.5) is 0 Å². The van der Waals surface area contributed by atoms with Gasteiger partial charge in [0.25, 0.3) is 6.23 Å². The quantitative estimate of drug-likeness (QED) is 0.453. The third kappa shape index (κ3) is 3.34. The largest absolute Gasteiger partial charge is 0.461 e. The molecule has 2 aliphatic rings. The first-order chi connectivity index (χ1) is 14.1. The second-order valence-electron chi connectivity index (χ2n) is 7.04. The Balaban J connectivity index is 1.57. The summed E-state index contributed by atoms with van der Waals surface area (Å²) in [4.78, 5) is 13.3. The van der Waals surface area contributed by atoms with E-state index >= 15 is 0 Å². The zero-order valence-corrected chi connectivity index (χ0v) is 17.6. The molecule has 0 amide bonds. The smallest absolute Gasteiger partial charge is 0.251 e. The van der Waals surface area contributed by atoms with Crippen LogP contribution < -0.4 is 4.74 Å². The number of fused-ring (bicyclic) bond motifs is 3. The normalized spacial score (nSPS) is 19.8. The number of ether oxygens (including phenoxy) is 1. The Kier molecular flexibility index (Phi) is 4.64. The Labute approximate surface area is 181 Å². The highest BCUT2D eigenvalue weighted by atomic mass is 79.9. The first-order valence-corrected chi connectivity index (χ1v) is 10.4. The molecule has 0 aromatic heterocycles. The van der Waals surface area contributed by atoms with Gasteiger partial charge in [0.2, 0.25) is 5.78 Å². The molecule has 0 fully saturated rings. The Morgan fingerprint density at radius 1 is 1.07 bits per heavy atom. The van der Waals surface area contributed by atoms with Gasteiger partial charge in [-0.25, -0.2) is 5.01 Å². The number of hydrazone groups is 1. The molecule has 0 N–H and O–H groups in total. The molecule has 0 bridgehead atoms. The van der Waals surface area contributed by atoms with Crippen molar-refractivity contribution >= 4 is 39.0 Å². The summed E-state index contributed by atoms with van der Waals surface area (Å²) in [7, 11) is 0. The van der Waals surface area contributed by atoms with E-state index in [0.29, 0.717) is 22.8 Å². The Morgan fingerprint density at radius 2 is 1.83 bits per heavy atom. The summed E-state index contributed by atoms with van der Waals surface area (Å²) in [6, 6.07) is 22.7. The summed E-state index contributed by atoms with van der Waals surface area (Å²) in [6.45, 7) is 0. The van der Waals surface area contributed by atoms with Crippen molar-refractivity contribution in [2.75, 3.05) is 0 Å². The van der Waals surface area contributed by atoms with E-state index in [1.165, 1.54) is 0 Å². The average molecular weight is 468 g/mol. The predicted molar refractivity (Wildman–Crippen MR) is 117 cm³/mol. The summed E-state index contributed by atoms with van der Waals surface area (Å²) in [5.41, 5.74) is 3.56. The maximum absolute atomic E-state index is 13.3. The highest BCUT2D eigenvalue weighted by Gasteiger charge is 2.43. The third-order valence-corrected chi connectivity index (χ3v) is 5.96. The molecule has 2 atom stereocenters. The van der Waals surface area contributed by atoms with E-state index < -0.39 is 6.23 Å². The van der Waals surface area contributed by atoms with Crippen molar-refractivity contribution in [3.63, 3.8) is 0 Å². The highest BCUT2D eigenvalue weighted by molar-refractivity contribution is 9.10. The number of ketones is 1. The molecule has 0 saturated heterocycles. The molecule has 0 saturated carbocycles. The molecule has 29 heavy (non-hydrogen) atoms. The average Bonchev–Trinajstić information content (AvgIpc) is 3.20. The minimum Gasteiger partial charge on any atom is -0.461 e. The van der Waals surface area contributed by atoms with E-state index in [1.54, 1.807) is 29.3 Å². The molecular formula is C23H16BrClN2O2. The van der Waals surface area contributed by atoms with Gasteiger partial charge in [-0.05, 0) is 48.0 Å². The maximum atomic E-state index is 13.3. The van der Waals surface area contributed by atoms with E-state index in [4.69, 9.17) is 21.4 Å². The number of carbonyl (C=O) groups excluding carboxylic acids is 1. The summed E-state index contributed by atoms with van der Waals surface area (Å²) < 4.78 is 7.11. The monoisotopic (exact) mass is 466 g/mol. The van der Waals surface area contributed by atoms with Crippen LogP contribution in [0.25, 0.3) is 0 Å². The van der Waals surface area contributed by atoms with E-state index in [2.05, 4.69) is 15.9 Å². The molecule has 0 radical (unpaired) electrons. The van der Waals surface area contributed by atoms with Crippen molar-refractivity contribution in [1.82, 2.24) is 5.01 Å². The van der Waals surface area contributed by atoms with Gasteiger partial charge in [-0.1, -0.05) is 57.9 Å². The fourth-order valence-electron chi connectivity index (χ4n) is 3.79. The summed E-state index contributed by atoms with van der Waals surface area (Å²) in [5.74, 6) is 0.574. The number of hydrogen-bond donors (Lipinski definition) is 0. The first-order valence-electron chi connectivity index (χ1n) is 9.27. The Hall–Kier alpha value is -2.63. The SMILES string of the molecule is O=C(c1ccc(Cl)cc1)[C@H]1Oc2ccc(Br)cc2[C@@H]2CC(c3ccccc3)=NN12. The number of halogens is 2. The van der Waals surface area contributed by atoms with Crippen LogP contribution in [0.2, 0.25) is 5.02 Å². The number of benzene rings is 3. The number of nitrogens with zero attached hydrogens (tertiary/aromatic N) is 2. The number of Topliss-reactive ketones (excluding diaryl/α,β-unsaturated/α-hetero) is 1. The summed E-state index contributed by atoms with van der Waals surface area (Å²) in [6.07, 6.45) is -0.114. The van der Waals surface area contributed by atoms with Gasteiger partial charge < -0.3 is 4.74 Å². The molecule has 2 aliphatic heterocycles. The number of carbonyl (C=O) groups is 1. The third-order valence-electron chi connectivity index (χ3n) is 5.21. The van der Waals surface area contributed by atoms with E-state index in [-0.39, 0.29) is 11.8 Å². The van der Waals surface area contributed by atoms with Crippen LogP contribution in [0, 0.1) is 0 Å². The second kappa shape index (κ2) is 7.32. The van der Waals surface area contributed by atoms with Crippen molar-refractivity contribution in [2.24, 2.45) is 5.10 Å². The van der Waals surface area contributed by atoms with Crippen molar-refractivity contribution in [1.29, 1.82) is 0 Å². The summed E-state index contributed by atoms with van der Waals surface area (Å²) >= 11 is 9.52. The standard InChI is InChI=1S/C23H16BrClN2O2/c24-16-8-11-21-18(12-16)20-13-19(14-4-2-1-3-5-14)26-27(20)23(29-21)22(28)15-6-9-17(25)10-7-15/h1-12,20,23H,13H2/t20-,23+/m0/s1. The van der Waals surface area contributed by atoms with Crippen molar-refractivity contribution in [2.45, 2.75) is 18.7 Å². The van der Waals surface area contributed by atoms with Gasteiger partial charge >= 0.3 is 0 Å². The van der Waals surface area contributed by atoms with Crippen LogP contribution in [0.1, 0.15) is 33.9 Å². The van der Waals surface area contributed by atoms with Crippen LogP contribution >= 0.6 is 27.5 Å². The molecule has 4 nitrogen and oxygen atoms in total. The number of rotatable bonds is 3. The lowest BCUT2D eigenvalue weighted by Gasteiger charge is -2.37. The molecule has 0 aliphatic carbocycles. The molecule has 3 aromatic carbocycles. The lowest BCUT2D eigenvalue weighted by molar-refractivity contribution is -0.00459. The van der Waals surface area contributed by atoms with Crippen LogP contribution in [0.15, 0.2) is 82.4 Å². The van der Waals surface area contributed by atoms with Gasteiger partial charge in [-0.3, -0.25) is 4.79 Å². The van der Waals surface area contributed by atoms with Gasteiger partial charge in [0.05, 0.1) is 11.8 Å². The Morgan fingerprint density at radius 3 is 2.59 bits per heavy atom. The van der Waals surface area contributed by atoms with E-state index in [0.717, 1.165) is 21.3 Å². The van der Waals surface area contributed by atoms with Gasteiger partial charge in [0.15, 0.2) is 0 Å². The molecule has 6 heteroatoms. The fourth-order valence-corrected chi connectivity index (χ4v) is 4.30.